The van der Waals surface area contributed by atoms with Gasteiger partial charge < -0.3 is 10.2 Å². The van der Waals surface area contributed by atoms with Crippen LogP contribution in [0.25, 0.3) is 10.2 Å². The molecule has 2 N–H and O–H groups in total. The van der Waals surface area contributed by atoms with E-state index in [1.807, 2.05) is 22.1 Å². The minimum atomic E-state index is 0.436. The molecule has 8 heteroatoms. The Morgan fingerprint density at radius 1 is 1.40 bits per heavy atom. The smallest absolute Gasteiger partial charge is 0.205 e. The van der Waals surface area contributed by atoms with Crippen molar-refractivity contribution in [2.24, 2.45) is 0 Å². The zero-order valence-electron chi connectivity index (χ0n) is 13.8. The van der Waals surface area contributed by atoms with Crippen LogP contribution in [0.2, 0.25) is 0 Å². The number of benzene rings is 1. The Morgan fingerprint density at radius 2 is 2.28 bits per heavy atom. The van der Waals surface area contributed by atoms with Gasteiger partial charge >= 0.3 is 0 Å². The average Bonchev–Trinajstić information content (AvgIpc) is 3.31. The van der Waals surface area contributed by atoms with Crippen molar-refractivity contribution in [2.75, 3.05) is 18.4 Å². The summed E-state index contributed by atoms with van der Waals surface area (Å²) < 4.78 is 4.03. The van der Waals surface area contributed by atoms with Crippen LogP contribution in [0.4, 0.5) is 5.13 Å². The largest absolute Gasteiger partial charge is 0.357 e. The van der Waals surface area contributed by atoms with Gasteiger partial charge in [0, 0.05) is 19.4 Å². The van der Waals surface area contributed by atoms with Crippen LogP contribution >= 0.6 is 34.9 Å². The molecule has 0 aliphatic carbocycles. The molecule has 0 saturated carbocycles. The summed E-state index contributed by atoms with van der Waals surface area (Å²) in [5.74, 6) is 0. The minimum Gasteiger partial charge on any atom is -0.357 e. The first-order valence-corrected chi connectivity index (χ1v) is 10.4. The summed E-state index contributed by atoms with van der Waals surface area (Å²) in [7, 11) is 0. The molecule has 3 heterocycles. The molecule has 1 saturated heterocycles. The maximum atomic E-state index is 5.49. The number of para-hydroxylation sites is 1. The van der Waals surface area contributed by atoms with E-state index in [-0.39, 0.29) is 0 Å². The highest BCUT2D eigenvalue weighted by Crippen LogP contribution is 2.28. The van der Waals surface area contributed by atoms with Crippen LogP contribution in [-0.2, 0) is 6.67 Å². The van der Waals surface area contributed by atoms with Gasteiger partial charge in [-0.1, -0.05) is 29.5 Å². The predicted octanol–water partition coefficient (Wildman–Crippen LogP) is 3.26. The molecular formula is C17H20N5S3+. The predicted molar refractivity (Wildman–Crippen MR) is 107 cm³/mol. The van der Waals surface area contributed by atoms with E-state index in [0.717, 1.165) is 27.8 Å². The van der Waals surface area contributed by atoms with E-state index < -0.39 is 0 Å². The lowest BCUT2D eigenvalue weighted by Gasteiger charge is -2.19. The van der Waals surface area contributed by atoms with Crippen LogP contribution in [0.15, 0.2) is 36.9 Å². The molecule has 4 rings (SSSR count). The van der Waals surface area contributed by atoms with Gasteiger partial charge in [-0.15, -0.1) is 23.0 Å². The highest BCUT2D eigenvalue weighted by molar-refractivity contribution is 7.73. The second kappa shape index (κ2) is 7.33. The fraction of sp³-hybridized carbons (Fsp3) is 0.353. The molecule has 25 heavy (non-hydrogen) atoms. The minimum absolute atomic E-state index is 0.436. The van der Waals surface area contributed by atoms with Crippen molar-refractivity contribution in [2.45, 2.75) is 25.6 Å². The Kier molecular flexibility index (Phi) is 4.93. The Morgan fingerprint density at radius 3 is 3.12 bits per heavy atom. The number of fused-ring (bicyclic) bond motifs is 1. The van der Waals surface area contributed by atoms with Crippen LogP contribution < -0.4 is 10.2 Å². The number of hydrogen-bond donors (Lipinski definition) is 2. The van der Waals surface area contributed by atoms with Crippen molar-refractivity contribution in [1.82, 2.24) is 14.8 Å². The summed E-state index contributed by atoms with van der Waals surface area (Å²) in [6.07, 6.45) is 4.22. The quantitative estimate of drug-likeness (QED) is 0.501. The lowest BCUT2D eigenvalue weighted by Crippen LogP contribution is -3.09. The van der Waals surface area contributed by atoms with Crippen molar-refractivity contribution in [3.05, 3.63) is 45.9 Å². The van der Waals surface area contributed by atoms with Crippen LogP contribution in [0.1, 0.15) is 23.9 Å². The maximum absolute atomic E-state index is 5.49. The molecule has 0 amide bonds. The van der Waals surface area contributed by atoms with Crippen LogP contribution in [-0.4, -0.2) is 27.9 Å². The Labute approximate surface area is 159 Å². The monoisotopic (exact) mass is 390 g/mol. The number of hydrogen-bond acceptors (Lipinski definition) is 6. The molecule has 1 aliphatic rings. The van der Waals surface area contributed by atoms with Gasteiger partial charge in [0.15, 0.2) is 15.6 Å². The molecule has 2 atom stereocenters. The molecule has 0 bridgehead atoms. The second-order valence-corrected chi connectivity index (χ2v) is 8.81. The van der Waals surface area contributed by atoms with Crippen molar-refractivity contribution in [3.8, 4) is 0 Å². The summed E-state index contributed by atoms with van der Waals surface area (Å²) in [4.78, 5) is 6.37. The van der Waals surface area contributed by atoms with Crippen LogP contribution in [0.3, 0.4) is 0 Å². The second-order valence-electron chi connectivity index (χ2n) is 6.12. The van der Waals surface area contributed by atoms with Gasteiger partial charge in [0.1, 0.15) is 6.04 Å². The number of rotatable bonds is 6. The van der Waals surface area contributed by atoms with Crippen molar-refractivity contribution in [1.29, 1.82) is 0 Å². The number of thiazole rings is 1. The van der Waals surface area contributed by atoms with Gasteiger partial charge in [-0.3, -0.25) is 0 Å². The summed E-state index contributed by atoms with van der Waals surface area (Å²) in [5, 5.41) is 9.94. The third kappa shape index (κ3) is 3.52. The molecule has 1 fully saturated rings. The van der Waals surface area contributed by atoms with Gasteiger partial charge in [0.05, 0.1) is 16.8 Å². The molecular weight excluding hydrogens is 370 g/mol. The first kappa shape index (κ1) is 16.8. The van der Waals surface area contributed by atoms with E-state index in [1.165, 1.54) is 38.8 Å². The van der Waals surface area contributed by atoms with E-state index in [1.54, 1.807) is 0 Å². The Bertz CT molecular complexity index is 908. The summed E-state index contributed by atoms with van der Waals surface area (Å²) in [5.41, 5.74) is 1.11. The van der Waals surface area contributed by atoms with Crippen molar-refractivity contribution in [3.63, 3.8) is 0 Å². The van der Waals surface area contributed by atoms with E-state index in [4.69, 9.17) is 17.2 Å². The fourth-order valence-corrected chi connectivity index (χ4v) is 5.44. The van der Waals surface area contributed by atoms with E-state index in [9.17, 15) is 0 Å². The third-order valence-electron chi connectivity index (χ3n) is 4.45. The number of nitrogens with zero attached hydrogens (tertiary/aromatic N) is 3. The van der Waals surface area contributed by atoms with Gasteiger partial charge in [0.2, 0.25) is 5.13 Å². The van der Waals surface area contributed by atoms with E-state index in [2.05, 4.69) is 41.3 Å². The normalized spacial score (nSPS) is 20.2. The SMILES string of the molecule is C=CCNc1nn(C[NH+]2CCC[C@@H]2c2nc3ccccc3s2)c(=S)s1. The lowest BCUT2D eigenvalue weighted by molar-refractivity contribution is -0.941. The first-order valence-electron chi connectivity index (χ1n) is 8.37. The molecule has 1 aromatic carbocycles. The fourth-order valence-electron chi connectivity index (χ4n) is 3.27. The molecule has 3 aromatic rings. The molecule has 5 nitrogen and oxygen atoms in total. The number of quaternary nitrogens is 1. The molecule has 0 spiro atoms. The van der Waals surface area contributed by atoms with E-state index in [0.29, 0.717) is 12.6 Å². The van der Waals surface area contributed by atoms with Gasteiger partial charge in [0.25, 0.3) is 0 Å². The standard InChI is InChI=1S/C17H19N5S3/c1-2-9-18-16-20-22(17(23)25-16)11-21-10-5-7-13(21)15-19-12-6-3-4-8-14(12)24-15/h2-4,6,8,13H,1,5,7,9-11H2,(H,18,20)/p+1/t13-/m1/s1. The first-order chi connectivity index (χ1) is 12.2. The molecule has 130 valence electrons. The number of nitrogens with one attached hydrogen (secondary N) is 2. The number of likely N-dealkylation sites (tertiary alicyclic amines) is 1. The number of aromatic nitrogens is 3. The lowest BCUT2D eigenvalue weighted by atomic mass is 10.2. The highest BCUT2D eigenvalue weighted by Gasteiger charge is 2.33. The van der Waals surface area contributed by atoms with Crippen LogP contribution in [0, 0.1) is 3.95 Å². The van der Waals surface area contributed by atoms with Gasteiger partial charge in [-0.2, -0.15) is 4.68 Å². The zero-order valence-corrected chi connectivity index (χ0v) is 16.2. The topological polar surface area (TPSA) is 47.2 Å². The summed E-state index contributed by atoms with van der Waals surface area (Å²) in [6.45, 7) is 6.35. The summed E-state index contributed by atoms with van der Waals surface area (Å²) in [6, 6.07) is 8.82. The summed E-state index contributed by atoms with van der Waals surface area (Å²) >= 11 is 8.83. The third-order valence-corrected chi connectivity index (χ3v) is 6.86. The molecule has 2 aromatic heterocycles. The van der Waals surface area contributed by atoms with Crippen molar-refractivity contribution >= 4 is 50.2 Å². The maximum Gasteiger partial charge on any atom is 0.205 e. The van der Waals surface area contributed by atoms with Gasteiger partial charge in [-0.25, -0.2) is 4.98 Å². The average molecular weight is 391 g/mol. The highest BCUT2D eigenvalue weighted by atomic mass is 32.1. The number of anilines is 1. The Hall–Kier alpha value is -1.61. The molecule has 1 aliphatic heterocycles. The van der Waals surface area contributed by atoms with E-state index >= 15 is 0 Å². The molecule has 1 unspecified atom stereocenters. The molecule has 0 radical (unpaired) electrons. The van der Waals surface area contributed by atoms with Gasteiger partial charge in [-0.05, 0) is 24.4 Å². The zero-order chi connectivity index (χ0) is 17.2. The van der Waals surface area contributed by atoms with Crippen LogP contribution in [0.5, 0.6) is 0 Å². The Balaban J connectivity index is 1.54. The van der Waals surface area contributed by atoms with Crippen molar-refractivity contribution < 1.29 is 4.90 Å².